The van der Waals surface area contributed by atoms with E-state index in [9.17, 15) is 0 Å². The van der Waals surface area contributed by atoms with Crippen molar-refractivity contribution in [3.63, 3.8) is 0 Å². The summed E-state index contributed by atoms with van der Waals surface area (Å²) in [6.45, 7) is 4.22. The topological polar surface area (TPSA) is 38.0 Å². The van der Waals surface area contributed by atoms with E-state index < -0.39 is 0 Å². The molecule has 0 fully saturated rings. The van der Waals surface area contributed by atoms with Gasteiger partial charge in [-0.1, -0.05) is 37.3 Å². The first kappa shape index (κ1) is 9.23. The van der Waals surface area contributed by atoms with Gasteiger partial charge < -0.3 is 0 Å². The van der Waals surface area contributed by atoms with Gasteiger partial charge in [-0.2, -0.15) is 0 Å². The van der Waals surface area contributed by atoms with Crippen molar-refractivity contribution in [2.75, 3.05) is 0 Å². The Morgan fingerprint density at radius 2 is 1.92 bits per heavy atom. The molecule has 1 aromatic rings. The Bertz CT molecular complexity index is 227. The summed E-state index contributed by atoms with van der Waals surface area (Å²) in [4.78, 5) is 0. The summed E-state index contributed by atoms with van der Waals surface area (Å²) in [6, 6.07) is 10.2. The van der Waals surface area contributed by atoms with Gasteiger partial charge in [0.05, 0.1) is 5.54 Å². The van der Waals surface area contributed by atoms with E-state index >= 15 is 0 Å². The van der Waals surface area contributed by atoms with E-state index in [0.29, 0.717) is 0 Å². The van der Waals surface area contributed by atoms with Crippen molar-refractivity contribution in [1.29, 1.82) is 0 Å². The second kappa shape index (κ2) is 3.70. The zero-order valence-corrected chi connectivity index (χ0v) is 7.67. The number of hydrazine groups is 1. The lowest BCUT2D eigenvalue weighted by atomic mass is 9.90. The first-order valence-electron chi connectivity index (χ1n) is 4.26. The van der Waals surface area contributed by atoms with Crippen molar-refractivity contribution < 1.29 is 0 Å². The van der Waals surface area contributed by atoms with E-state index in [2.05, 4.69) is 31.4 Å². The number of hydrogen-bond donors (Lipinski definition) is 2. The van der Waals surface area contributed by atoms with Crippen LogP contribution in [0, 0.1) is 0 Å². The minimum atomic E-state index is -0.0960. The first-order valence-corrected chi connectivity index (χ1v) is 4.26. The molecule has 2 heteroatoms. The average molecular weight is 164 g/mol. The summed E-state index contributed by atoms with van der Waals surface area (Å²) in [5.74, 6) is 5.50. The molecule has 66 valence electrons. The minimum Gasteiger partial charge on any atom is -0.271 e. The quantitative estimate of drug-likeness (QED) is 0.528. The van der Waals surface area contributed by atoms with Crippen LogP contribution in [0.15, 0.2) is 30.3 Å². The van der Waals surface area contributed by atoms with Gasteiger partial charge in [-0.05, 0) is 18.9 Å². The van der Waals surface area contributed by atoms with Crippen LogP contribution in [0.25, 0.3) is 0 Å². The van der Waals surface area contributed by atoms with Crippen LogP contribution in [0.5, 0.6) is 0 Å². The van der Waals surface area contributed by atoms with E-state index in [4.69, 9.17) is 5.84 Å². The van der Waals surface area contributed by atoms with Crippen LogP contribution >= 0.6 is 0 Å². The molecule has 0 bridgehead atoms. The van der Waals surface area contributed by atoms with Crippen LogP contribution in [0.2, 0.25) is 0 Å². The summed E-state index contributed by atoms with van der Waals surface area (Å²) in [6.07, 6.45) is 0.980. The molecule has 0 radical (unpaired) electrons. The smallest absolute Gasteiger partial charge is 0.0538 e. The fraction of sp³-hybridized carbons (Fsp3) is 0.400. The molecule has 2 nitrogen and oxygen atoms in total. The van der Waals surface area contributed by atoms with Crippen molar-refractivity contribution >= 4 is 0 Å². The molecule has 12 heavy (non-hydrogen) atoms. The van der Waals surface area contributed by atoms with Crippen LogP contribution in [-0.2, 0) is 5.54 Å². The van der Waals surface area contributed by atoms with Gasteiger partial charge in [0.15, 0.2) is 0 Å². The van der Waals surface area contributed by atoms with Gasteiger partial charge in [-0.3, -0.25) is 11.3 Å². The van der Waals surface area contributed by atoms with Crippen LogP contribution in [0.1, 0.15) is 25.8 Å². The highest BCUT2D eigenvalue weighted by Crippen LogP contribution is 2.22. The molecule has 0 aliphatic heterocycles. The number of rotatable bonds is 3. The van der Waals surface area contributed by atoms with Crippen LogP contribution in [0.3, 0.4) is 0 Å². The average Bonchev–Trinajstić information content (AvgIpc) is 2.18. The van der Waals surface area contributed by atoms with E-state index in [-0.39, 0.29) is 5.54 Å². The Balaban J connectivity index is 2.95. The third-order valence-corrected chi connectivity index (χ3v) is 2.44. The number of nitrogens with two attached hydrogens (primary N) is 1. The molecule has 0 saturated heterocycles. The molecule has 1 atom stereocenters. The van der Waals surface area contributed by atoms with Crippen LogP contribution < -0.4 is 11.3 Å². The Hall–Kier alpha value is -0.860. The zero-order chi connectivity index (χ0) is 9.03. The summed E-state index contributed by atoms with van der Waals surface area (Å²) in [5, 5.41) is 0. The van der Waals surface area contributed by atoms with Crippen molar-refractivity contribution in [2.24, 2.45) is 5.84 Å². The minimum absolute atomic E-state index is 0.0960. The fourth-order valence-corrected chi connectivity index (χ4v) is 1.20. The predicted molar refractivity (Wildman–Crippen MR) is 51.4 cm³/mol. The van der Waals surface area contributed by atoms with Gasteiger partial charge >= 0.3 is 0 Å². The monoisotopic (exact) mass is 164 g/mol. The van der Waals surface area contributed by atoms with Crippen LogP contribution in [0.4, 0.5) is 0 Å². The molecule has 0 heterocycles. The van der Waals surface area contributed by atoms with Crippen molar-refractivity contribution in [1.82, 2.24) is 5.43 Å². The molecule has 1 rings (SSSR count). The third kappa shape index (κ3) is 1.65. The molecule has 0 aliphatic rings. The Labute approximate surface area is 73.8 Å². The van der Waals surface area contributed by atoms with Gasteiger partial charge in [-0.15, -0.1) is 0 Å². The lowest BCUT2D eigenvalue weighted by Crippen LogP contribution is -2.43. The lowest BCUT2D eigenvalue weighted by molar-refractivity contribution is 0.361. The highest BCUT2D eigenvalue weighted by Gasteiger charge is 2.21. The van der Waals surface area contributed by atoms with E-state index in [1.54, 1.807) is 0 Å². The third-order valence-electron chi connectivity index (χ3n) is 2.44. The number of hydrogen-bond acceptors (Lipinski definition) is 2. The molecule has 0 spiro atoms. The molecule has 0 amide bonds. The molecular weight excluding hydrogens is 148 g/mol. The maximum absolute atomic E-state index is 5.50. The summed E-state index contributed by atoms with van der Waals surface area (Å²) in [5.41, 5.74) is 3.98. The van der Waals surface area contributed by atoms with Crippen molar-refractivity contribution in [3.8, 4) is 0 Å². The largest absolute Gasteiger partial charge is 0.271 e. The Morgan fingerprint density at radius 3 is 2.33 bits per heavy atom. The Kier molecular flexibility index (Phi) is 2.84. The van der Waals surface area contributed by atoms with Gasteiger partial charge in [0.1, 0.15) is 0 Å². The summed E-state index contributed by atoms with van der Waals surface area (Å²) >= 11 is 0. The van der Waals surface area contributed by atoms with Crippen LogP contribution in [-0.4, -0.2) is 0 Å². The van der Waals surface area contributed by atoms with Gasteiger partial charge in [0.25, 0.3) is 0 Å². The van der Waals surface area contributed by atoms with Gasteiger partial charge in [-0.25, -0.2) is 0 Å². The molecular formula is C10H16N2. The SMILES string of the molecule is CC[C@@](C)(NN)c1ccccc1. The predicted octanol–water partition coefficient (Wildman–Crippen LogP) is 1.78. The normalized spacial score (nSPS) is 15.6. The number of nitrogens with one attached hydrogen (secondary N) is 1. The Morgan fingerprint density at radius 1 is 1.33 bits per heavy atom. The van der Waals surface area contributed by atoms with Gasteiger partial charge in [0, 0.05) is 0 Å². The molecule has 1 aromatic carbocycles. The molecule has 0 aromatic heterocycles. The molecule has 0 unspecified atom stereocenters. The summed E-state index contributed by atoms with van der Waals surface area (Å²) in [7, 11) is 0. The zero-order valence-electron chi connectivity index (χ0n) is 7.67. The van der Waals surface area contributed by atoms with Crippen molar-refractivity contribution in [3.05, 3.63) is 35.9 Å². The highest BCUT2D eigenvalue weighted by atomic mass is 15.3. The van der Waals surface area contributed by atoms with Crippen molar-refractivity contribution in [2.45, 2.75) is 25.8 Å². The number of benzene rings is 1. The standard InChI is InChI=1S/C10H16N2/c1-3-10(2,12-11)9-7-5-4-6-8-9/h4-8,12H,3,11H2,1-2H3/t10-/m1/s1. The summed E-state index contributed by atoms with van der Waals surface area (Å²) < 4.78 is 0. The maximum atomic E-state index is 5.50. The molecule has 3 N–H and O–H groups in total. The van der Waals surface area contributed by atoms with E-state index in [1.807, 2.05) is 18.2 Å². The van der Waals surface area contributed by atoms with E-state index in [1.165, 1.54) is 5.56 Å². The second-order valence-corrected chi connectivity index (χ2v) is 3.20. The van der Waals surface area contributed by atoms with E-state index in [0.717, 1.165) is 6.42 Å². The lowest BCUT2D eigenvalue weighted by Gasteiger charge is -2.27. The second-order valence-electron chi connectivity index (χ2n) is 3.20. The van der Waals surface area contributed by atoms with Gasteiger partial charge in [0.2, 0.25) is 0 Å². The fourth-order valence-electron chi connectivity index (χ4n) is 1.20. The first-order chi connectivity index (χ1) is 5.73. The maximum Gasteiger partial charge on any atom is 0.0538 e. The molecule has 0 aliphatic carbocycles. The highest BCUT2D eigenvalue weighted by molar-refractivity contribution is 5.22. The molecule has 0 saturated carbocycles.